The molecule has 4 aromatic rings. The molecule has 0 radical (unpaired) electrons. The summed E-state index contributed by atoms with van der Waals surface area (Å²) in [5.74, 6) is 0.424. The average Bonchev–Trinajstić information content (AvgIpc) is 3.46. The first kappa shape index (κ1) is 25.1. The van der Waals surface area contributed by atoms with Crippen LogP contribution in [-0.4, -0.2) is 54.5 Å². The summed E-state index contributed by atoms with van der Waals surface area (Å²) < 4.78 is 50.5. The number of nitrogens with zero attached hydrogens (tertiary/aromatic N) is 3. The van der Waals surface area contributed by atoms with Crippen molar-refractivity contribution in [2.75, 3.05) is 43.0 Å². The standard InChI is InChI=1S/C27H23F3N4O4/c28-27(29,30)19-6-1-2-7-20(19)31-24(35)17-38-21-8-3-5-18-10-11-23(32-25(18)21)33-12-14-34(15-13-33)26(36)22-9-4-16-37-22/h1-11,16H,12-15,17H2,(H,31,35). The molecule has 0 atom stereocenters. The van der Waals surface area contributed by atoms with Gasteiger partial charge in [-0.05, 0) is 42.5 Å². The maximum Gasteiger partial charge on any atom is 0.418 e. The van der Waals surface area contributed by atoms with Gasteiger partial charge in [-0.25, -0.2) is 4.98 Å². The van der Waals surface area contributed by atoms with Crippen molar-refractivity contribution in [3.8, 4) is 5.75 Å². The minimum Gasteiger partial charge on any atom is -0.481 e. The Morgan fingerprint density at radius 3 is 2.47 bits per heavy atom. The normalized spacial score (nSPS) is 14.0. The van der Waals surface area contributed by atoms with E-state index in [9.17, 15) is 22.8 Å². The van der Waals surface area contributed by atoms with Gasteiger partial charge in [0.05, 0.1) is 17.5 Å². The molecule has 5 rings (SSSR count). The number of para-hydroxylation sites is 2. The summed E-state index contributed by atoms with van der Waals surface area (Å²) in [5, 5.41) is 3.05. The SMILES string of the molecule is O=C(COc1cccc2ccc(N3CCN(C(=O)c4ccco4)CC3)nc12)Nc1ccccc1C(F)(F)F. The Morgan fingerprint density at radius 2 is 1.74 bits per heavy atom. The Balaban J connectivity index is 1.26. The number of furan rings is 1. The highest BCUT2D eigenvalue weighted by atomic mass is 19.4. The molecule has 1 aliphatic heterocycles. The van der Waals surface area contributed by atoms with Gasteiger partial charge in [-0.3, -0.25) is 9.59 Å². The third kappa shape index (κ3) is 5.41. The third-order valence-corrected chi connectivity index (χ3v) is 6.16. The van der Waals surface area contributed by atoms with Crippen molar-refractivity contribution in [3.63, 3.8) is 0 Å². The van der Waals surface area contributed by atoms with E-state index in [-0.39, 0.29) is 11.6 Å². The van der Waals surface area contributed by atoms with Crippen molar-refractivity contribution in [2.45, 2.75) is 6.18 Å². The molecule has 0 spiro atoms. The number of alkyl halides is 3. The largest absolute Gasteiger partial charge is 0.481 e. The number of rotatable bonds is 6. The number of benzene rings is 2. The van der Waals surface area contributed by atoms with Crippen molar-refractivity contribution in [2.24, 2.45) is 0 Å². The lowest BCUT2D eigenvalue weighted by Gasteiger charge is -2.35. The second-order valence-corrected chi connectivity index (χ2v) is 8.63. The number of aromatic nitrogens is 1. The van der Waals surface area contributed by atoms with Gasteiger partial charge >= 0.3 is 6.18 Å². The molecule has 196 valence electrons. The van der Waals surface area contributed by atoms with E-state index in [1.807, 2.05) is 23.1 Å². The zero-order chi connectivity index (χ0) is 26.7. The van der Waals surface area contributed by atoms with E-state index in [0.717, 1.165) is 11.5 Å². The van der Waals surface area contributed by atoms with Crippen molar-refractivity contribution in [1.29, 1.82) is 0 Å². The minimum atomic E-state index is -4.60. The van der Waals surface area contributed by atoms with Gasteiger partial charge in [-0.1, -0.05) is 24.3 Å². The first-order valence-electron chi connectivity index (χ1n) is 11.9. The van der Waals surface area contributed by atoms with Gasteiger partial charge in [-0.2, -0.15) is 13.2 Å². The molecule has 2 aromatic carbocycles. The molecule has 0 saturated carbocycles. The molecular weight excluding hydrogens is 501 g/mol. The van der Waals surface area contributed by atoms with Gasteiger partial charge in [0.15, 0.2) is 12.4 Å². The molecule has 1 aliphatic rings. The number of nitrogens with one attached hydrogen (secondary N) is 1. The Labute approximate surface area is 215 Å². The van der Waals surface area contributed by atoms with E-state index in [4.69, 9.17) is 14.1 Å². The highest BCUT2D eigenvalue weighted by Crippen LogP contribution is 2.34. The molecule has 38 heavy (non-hydrogen) atoms. The number of anilines is 2. The second-order valence-electron chi connectivity index (χ2n) is 8.63. The van der Waals surface area contributed by atoms with Crippen LogP contribution in [0.2, 0.25) is 0 Å². The summed E-state index contributed by atoms with van der Waals surface area (Å²) in [6.45, 7) is 1.63. The van der Waals surface area contributed by atoms with Gasteiger partial charge in [-0.15, -0.1) is 0 Å². The second kappa shape index (κ2) is 10.4. The highest BCUT2D eigenvalue weighted by Gasteiger charge is 2.33. The van der Waals surface area contributed by atoms with E-state index in [0.29, 0.717) is 49.0 Å². The van der Waals surface area contributed by atoms with Crippen LogP contribution in [0.5, 0.6) is 5.75 Å². The fourth-order valence-corrected chi connectivity index (χ4v) is 4.27. The summed E-state index contributed by atoms with van der Waals surface area (Å²) in [6, 6.07) is 17.1. The van der Waals surface area contributed by atoms with Crippen LogP contribution in [0.1, 0.15) is 16.1 Å². The van der Waals surface area contributed by atoms with Crippen LogP contribution in [0, 0.1) is 0 Å². The molecule has 1 fully saturated rings. The fraction of sp³-hybridized carbons (Fsp3) is 0.222. The molecular formula is C27H23F3N4O4. The van der Waals surface area contributed by atoms with Crippen LogP contribution in [-0.2, 0) is 11.0 Å². The Morgan fingerprint density at radius 1 is 0.947 bits per heavy atom. The van der Waals surface area contributed by atoms with Gasteiger partial charge < -0.3 is 24.3 Å². The summed E-state index contributed by atoms with van der Waals surface area (Å²) in [4.78, 5) is 33.4. The Bertz CT molecular complexity index is 1450. The number of ether oxygens (including phenoxy) is 1. The summed E-state index contributed by atoms with van der Waals surface area (Å²) in [7, 11) is 0. The van der Waals surface area contributed by atoms with E-state index in [2.05, 4.69) is 5.32 Å². The van der Waals surface area contributed by atoms with Gasteiger partial charge in [0.25, 0.3) is 11.8 Å². The third-order valence-electron chi connectivity index (χ3n) is 6.16. The lowest BCUT2D eigenvalue weighted by Crippen LogP contribution is -2.49. The molecule has 0 aliphatic carbocycles. The van der Waals surface area contributed by atoms with Gasteiger partial charge in [0.2, 0.25) is 0 Å². The van der Waals surface area contributed by atoms with Crippen LogP contribution in [0.3, 0.4) is 0 Å². The molecule has 2 amide bonds. The number of carbonyl (C=O) groups is 2. The van der Waals surface area contributed by atoms with Gasteiger partial charge in [0.1, 0.15) is 17.1 Å². The number of hydrogen-bond acceptors (Lipinski definition) is 6. The van der Waals surface area contributed by atoms with E-state index in [1.54, 1.807) is 29.2 Å². The summed E-state index contributed by atoms with van der Waals surface area (Å²) in [5.41, 5.74) is -0.755. The van der Waals surface area contributed by atoms with Crippen LogP contribution in [0.25, 0.3) is 10.9 Å². The topological polar surface area (TPSA) is 87.9 Å². The van der Waals surface area contributed by atoms with Crippen LogP contribution < -0.4 is 15.0 Å². The maximum absolute atomic E-state index is 13.2. The van der Waals surface area contributed by atoms with Crippen molar-refractivity contribution < 1.29 is 31.9 Å². The molecule has 1 saturated heterocycles. The van der Waals surface area contributed by atoms with Crippen LogP contribution in [0.4, 0.5) is 24.7 Å². The van der Waals surface area contributed by atoms with Crippen LogP contribution in [0.15, 0.2) is 77.4 Å². The number of hydrogen-bond donors (Lipinski definition) is 1. The predicted octanol–water partition coefficient (Wildman–Crippen LogP) is 4.83. The predicted molar refractivity (Wildman–Crippen MR) is 134 cm³/mol. The first-order chi connectivity index (χ1) is 18.3. The number of halogens is 3. The molecule has 11 heteroatoms. The highest BCUT2D eigenvalue weighted by molar-refractivity contribution is 5.93. The fourth-order valence-electron chi connectivity index (χ4n) is 4.27. The number of amides is 2. The van der Waals surface area contributed by atoms with Crippen molar-refractivity contribution >= 4 is 34.2 Å². The molecule has 0 bridgehead atoms. The molecule has 3 heterocycles. The smallest absolute Gasteiger partial charge is 0.418 e. The first-order valence-corrected chi connectivity index (χ1v) is 11.9. The lowest BCUT2D eigenvalue weighted by atomic mass is 10.1. The zero-order valence-electron chi connectivity index (χ0n) is 20.1. The van der Waals surface area contributed by atoms with E-state index >= 15 is 0 Å². The lowest BCUT2D eigenvalue weighted by molar-refractivity contribution is -0.137. The Kier molecular flexibility index (Phi) is 6.91. The number of pyridine rings is 1. The van der Waals surface area contributed by atoms with E-state index < -0.39 is 24.3 Å². The average molecular weight is 524 g/mol. The van der Waals surface area contributed by atoms with E-state index in [1.165, 1.54) is 24.5 Å². The Hall–Kier alpha value is -4.54. The quantitative estimate of drug-likeness (QED) is 0.389. The molecule has 8 nitrogen and oxygen atoms in total. The molecule has 1 N–H and O–H groups in total. The minimum absolute atomic E-state index is 0.159. The molecule has 0 unspecified atom stereocenters. The number of piperazine rings is 1. The van der Waals surface area contributed by atoms with Gasteiger partial charge in [0, 0.05) is 31.6 Å². The monoisotopic (exact) mass is 524 g/mol. The maximum atomic E-state index is 13.2. The summed E-state index contributed by atoms with van der Waals surface area (Å²) in [6.07, 6.45) is -3.13. The number of carbonyl (C=O) groups excluding carboxylic acids is 2. The van der Waals surface area contributed by atoms with Crippen molar-refractivity contribution in [1.82, 2.24) is 9.88 Å². The summed E-state index contributed by atoms with van der Waals surface area (Å²) >= 11 is 0. The number of fused-ring (bicyclic) bond motifs is 1. The van der Waals surface area contributed by atoms with Crippen molar-refractivity contribution in [3.05, 3.63) is 84.3 Å². The zero-order valence-corrected chi connectivity index (χ0v) is 20.1. The molecule has 2 aromatic heterocycles. The van der Waals surface area contributed by atoms with Crippen LogP contribution >= 0.6 is 0 Å².